The molecule has 0 bridgehead atoms. The van der Waals surface area contributed by atoms with Crippen molar-refractivity contribution in [1.29, 1.82) is 0 Å². The molecule has 1 saturated carbocycles. The topological polar surface area (TPSA) is 75.3 Å². The van der Waals surface area contributed by atoms with E-state index < -0.39 is 6.09 Å². The molecule has 1 aliphatic carbocycles. The van der Waals surface area contributed by atoms with Crippen molar-refractivity contribution in [2.45, 2.75) is 31.3 Å². The average molecular weight is 144 g/mol. The lowest BCUT2D eigenvalue weighted by atomic mass is 10.2. The SMILES string of the molecule is N[C@H]1CC[C@@H](NC(=O)O)C1. The zero-order valence-electron chi connectivity index (χ0n) is 5.71. The minimum atomic E-state index is -0.945. The second-order valence-corrected chi connectivity index (χ2v) is 2.72. The van der Waals surface area contributed by atoms with Crippen LogP contribution in [-0.2, 0) is 0 Å². The number of nitrogens with two attached hydrogens (primary N) is 1. The molecule has 0 unspecified atom stereocenters. The Kier molecular flexibility index (Phi) is 2.11. The van der Waals surface area contributed by atoms with Gasteiger partial charge in [0.25, 0.3) is 0 Å². The smallest absolute Gasteiger partial charge is 0.404 e. The molecule has 1 fully saturated rings. The number of nitrogens with one attached hydrogen (secondary N) is 1. The normalized spacial score (nSPS) is 32.1. The molecule has 1 rings (SSSR count). The zero-order chi connectivity index (χ0) is 7.56. The van der Waals surface area contributed by atoms with E-state index in [0.717, 1.165) is 19.3 Å². The number of hydrogen-bond acceptors (Lipinski definition) is 2. The summed E-state index contributed by atoms with van der Waals surface area (Å²) in [4.78, 5) is 10.1. The van der Waals surface area contributed by atoms with E-state index in [0.29, 0.717) is 0 Å². The maximum Gasteiger partial charge on any atom is 0.404 e. The van der Waals surface area contributed by atoms with Gasteiger partial charge in [0.05, 0.1) is 0 Å². The lowest BCUT2D eigenvalue weighted by Gasteiger charge is -2.07. The molecule has 0 aliphatic heterocycles. The summed E-state index contributed by atoms with van der Waals surface area (Å²) in [5, 5.41) is 10.7. The summed E-state index contributed by atoms with van der Waals surface area (Å²) in [6.45, 7) is 0. The van der Waals surface area contributed by atoms with Gasteiger partial charge < -0.3 is 16.2 Å². The van der Waals surface area contributed by atoms with Crippen LogP contribution in [0.25, 0.3) is 0 Å². The third-order valence-electron chi connectivity index (χ3n) is 1.80. The van der Waals surface area contributed by atoms with Gasteiger partial charge in [-0.25, -0.2) is 4.79 Å². The fraction of sp³-hybridized carbons (Fsp3) is 0.833. The van der Waals surface area contributed by atoms with Crippen LogP contribution in [-0.4, -0.2) is 23.3 Å². The van der Waals surface area contributed by atoms with Crippen molar-refractivity contribution in [2.75, 3.05) is 0 Å². The maximum absolute atomic E-state index is 10.1. The minimum Gasteiger partial charge on any atom is -0.465 e. The largest absolute Gasteiger partial charge is 0.465 e. The average Bonchev–Trinajstić information content (AvgIpc) is 2.13. The van der Waals surface area contributed by atoms with Crippen LogP contribution in [0.15, 0.2) is 0 Å². The van der Waals surface area contributed by atoms with E-state index in [1.54, 1.807) is 0 Å². The maximum atomic E-state index is 10.1. The van der Waals surface area contributed by atoms with Crippen LogP contribution < -0.4 is 11.1 Å². The van der Waals surface area contributed by atoms with Gasteiger partial charge in [-0.05, 0) is 19.3 Å². The quantitative estimate of drug-likeness (QED) is 0.489. The molecule has 4 nitrogen and oxygen atoms in total. The van der Waals surface area contributed by atoms with Crippen molar-refractivity contribution >= 4 is 6.09 Å². The predicted molar refractivity (Wildman–Crippen MR) is 36.8 cm³/mol. The highest BCUT2D eigenvalue weighted by molar-refractivity contribution is 5.64. The van der Waals surface area contributed by atoms with Crippen molar-refractivity contribution in [3.8, 4) is 0 Å². The lowest BCUT2D eigenvalue weighted by molar-refractivity contribution is 0.190. The van der Waals surface area contributed by atoms with Crippen molar-refractivity contribution < 1.29 is 9.90 Å². The molecule has 1 aliphatic rings. The standard InChI is InChI=1S/C6H12N2O2/c7-4-1-2-5(3-4)8-6(9)10/h4-5,8H,1-3,7H2,(H,9,10)/t4-,5+/m0/s1. The highest BCUT2D eigenvalue weighted by atomic mass is 16.4. The van der Waals surface area contributed by atoms with Crippen molar-refractivity contribution in [2.24, 2.45) is 5.73 Å². The first-order chi connectivity index (χ1) is 4.68. The van der Waals surface area contributed by atoms with E-state index in [1.165, 1.54) is 0 Å². The summed E-state index contributed by atoms with van der Waals surface area (Å²) < 4.78 is 0. The van der Waals surface area contributed by atoms with E-state index in [4.69, 9.17) is 10.8 Å². The lowest BCUT2D eigenvalue weighted by Crippen LogP contribution is -2.32. The molecule has 1 amide bonds. The van der Waals surface area contributed by atoms with Crippen LogP contribution >= 0.6 is 0 Å². The molecule has 0 spiro atoms. The third kappa shape index (κ3) is 1.88. The van der Waals surface area contributed by atoms with Crippen LogP contribution in [0, 0.1) is 0 Å². The van der Waals surface area contributed by atoms with Gasteiger partial charge in [0, 0.05) is 12.1 Å². The van der Waals surface area contributed by atoms with Gasteiger partial charge in [0.15, 0.2) is 0 Å². The molecule has 2 atom stereocenters. The Morgan fingerprint density at radius 1 is 1.60 bits per heavy atom. The van der Waals surface area contributed by atoms with Crippen molar-refractivity contribution in [1.82, 2.24) is 5.32 Å². The van der Waals surface area contributed by atoms with Gasteiger partial charge >= 0.3 is 6.09 Å². The molecular weight excluding hydrogens is 132 g/mol. The first-order valence-electron chi connectivity index (χ1n) is 3.43. The van der Waals surface area contributed by atoms with Gasteiger partial charge in [-0.2, -0.15) is 0 Å². The van der Waals surface area contributed by atoms with Crippen LogP contribution in [0.5, 0.6) is 0 Å². The molecule has 0 aromatic rings. The summed E-state index contributed by atoms with van der Waals surface area (Å²) >= 11 is 0. The minimum absolute atomic E-state index is 0.0903. The van der Waals surface area contributed by atoms with Crippen LogP contribution in [0.3, 0.4) is 0 Å². The summed E-state index contributed by atoms with van der Waals surface area (Å²) in [7, 11) is 0. The molecule has 10 heavy (non-hydrogen) atoms. The summed E-state index contributed by atoms with van der Waals surface area (Å²) in [6, 6.07) is 0.282. The second kappa shape index (κ2) is 2.88. The molecule has 4 N–H and O–H groups in total. The Balaban J connectivity index is 2.24. The van der Waals surface area contributed by atoms with E-state index in [-0.39, 0.29) is 12.1 Å². The van der Waals surface area contributed by atoms with Gasteiger partial charge in [-0.3, -0.25) is 0 Å². The third-order valence-corrected chi connectivity index (χ3v) is 1.80. The van der Waals surface area contributed by atoms with Crippen LogP contribution in [0.1, 0.15) is 19.3 Å². The van der Waals surface area contributed by atoms with Gasteiger partial charge in [-0.15, -0.1) is 0 Å². The van der Waals surface area contributed by atoms with Gasteiger partial charge in [0.1, 0.15) is 0 Å². The zero-order valence-corrected chi connectivity index (χ0v) is 5.71. The Labute approximate surface area is 59.4 Å². The molecule has 4 heteroatoms. The molecule has 0 heterocycles. The molecule has 0 aromatic heterocycles. The first kappa shape index (κ1) is 7.34. The van der Waals surface area contributed by atoms with E-state index >= 15 is 0 Å². The molecule has 0 radical (unpaired) electrons. The van der Waals surface area contributed by atoms with Crippen molar-refractivity contribution in [3.05, 3.63) is 0 Å². The van der Waals surface area contributed by atoms with E-state index in [1.807, 2.05) is 0 Å². The van der Waals surface area contributed by atoms with E-state index in [2.05, 4.69) is 5.32 Å². The Morgan fingerprint density at radius 3 is 2.70 bits per heavy atom. The second-order valence-electron chi connectivity index (χ2n) is 2.72. The number of carbonyl (C=O) groups is 1. The van der Waals surface area contributed by atoms with Crippen molar-refractivity contribution in [3.63, 3.8) is 0 Å². The highest BCUT2D eigenvalue weighted by Gasteiger charge is 2.22. The highest BCUT2D eigenvalue weighted by Crippen LogP contribution is 2.16. The number of hydrogen-bond donors (Lipinski definition) is 3. The van der Waals surface area contributed by atoms with Gasteiger partial charge in [-0.1, -0.05) is 0 Å². The number of rotatable bonds is 1. The summed E-state index contributed by atoms with van der Waals surface area (Å²) in [5.41, 5.74) is 5.57. The number of carboxylic acid groups (broad SMARTS) is 1. The van der Waals surface area contributed by atoms with Crippen LogP contribution in [0.2, 0.25) is 0 Å². The molecule has 58 valence electrons. The Bertz CT molecular complexity index is 138. The summed E-state index contributed by atoms with van der Waals surface area (Å²) in [6.07, 6.45) is 1.66. The Hall–Kier alpha value is -0.770. The molecule has 0 aromatic carbocycles. The fourth-order valence-electron chi connectivity index (χ4n) is 1.32. The van der Waals surface area contributed by atoms with Crippen LogP contribution in [0.4, 0.5) is 4.79 Å². The monoisotopic (exact) mass is 144 g/mol. The van der Waals surface area contributed by atoms with E-state index in [9.17, 15) is 4.79 Å². The Morgan fingerprint density at radius 2 is 2.30 bits per heavy atom. The first-order valence-corrected chi connectivity index (χ1v) is 3.43. The predicted octanol–water partition coefficient (Wildman–Crippen LogP) is 0.134. The fourth-order valence-corrected chi connectivity index (χ4v) is 1.32. The number of amides is 1. The summed E-state index contributed by atoms with van der Waals surface area (Å²) in [5.74, 6) is 0. The molecular formula is C6H12N2O2. The molecule has 0 saturated heterocycles. The van der Waals surface area contributed by atoms with Gasteiger partial charge in [0.2, 0.25) is 0 Å².